The second-order valence-electron chi connectivity index (χ2n) is 9.80. The summed E-state index contributed by atoms with van der Waals surface area (Å²) in [5, 5.41) is 13.9. The molecule has 2 amide bonds. The highest BCUT2D eigenvalue weighted by molar-refractivity contribution is 8.00. The fourth-order valence-corrected chi connectivity index (χ4v) is 7.36. The molecule has 0 spiro atoms. The van der Waals surface area contributed by atoms with E-state index in [4.69, 9.17) is 35.3 Å². The zero-order valence-electron chi connectivity index (χ0n) is 25.0. The van der Waals surface area contributed by atoms with Crippen LogP contribution in [0.25, 0.3) is 0 Å². The van der Waals surface area contributed by atoms with Gasteiger partial charge in [-0.3, -0.25) is 5.21 Å². The lowest BCUT2D eigenvalue weighted by Crippen LogP contribution is -2.34. The van der Waals surface area contributed by atoms with Gasteiger partial charge in [-0.25, -0.2) is 9.86 Å². The summed E-state index contributed by atoms with van der Waals surface area (Å²) in [6, 6.07) is 15.0. The molecule has 232 valence electrons. The standard InChI is InChI=1S/C31H37ClN2O7S2/c1-18(42-23-9-7-22(32)8-10-23)41-29-21(17-33-31(35)34(2)36)13-19(14-24(29)37-3)27-11-12-28(43-27)20-15-25(38-4)30(40-6)26(16-20)39-5/h7-10,13-16,18,27-28,36H,11-12,17H2,1-6H3,(H,33,35). The van der Waals surface area contributed by atoms with E-state index >= 15 is 0 Å². The molecular weight excluding hydrogens is 612 g/mol. The van der Waals surface area contributed by atoms with Crippen molar-refractivity contribution >= 4 is 41.2 Å². The van der Waals surface area contributed by atoms with Crippen LogP contribution in [0.1, 0.15) is 47.0 Å². The van der Waals surface area contributed by atoms with E-state index in [9.17, 15) is 10.0 Å². The van der Waals surface area contributed by atoms with Crippen LogP contribution in [0.15, 0.2) is 53.4 Å². The average molecular weight is 649 g/mol. The lowest BCUT2D eigenvalue weighted by molar-refractivity contribution is -0.0184. The van der Waals surface area contributed by atoms with Gasteiger partial charge in [0.2, 0.25) is 5.75 Å². The molecule has 3 unspecified atom stereocenters. The Kier molecular flexibility index (Phi) is 11.5. The number of hydrogen-bond acceptors (Lipinski definition) is 9. The van der Waals surface area contributed by atoms with Gasteiger partial charge in [0.1, 0.15) is 5.44 Å². The van der Waals surface area contributed by atoms with E-state index in [0.717, 1.165) is 34.4 Å². The number of hydroxylamine groups is 2. The topological polar surface area (TPSA) is 98.7 Å². The second kappa shape index (κ2) is 15.1. The molecule has 9 nitrogen and oxygen atoms in total. The molecular formula is C31H37ClN2O7S2. The van der Waals surface area contributed by atoms with Gasteiger partial charge < -0.3 is 29.0 Å². The number of nitrogens with one attached hydrogen (secondary N) is 1. The van der Waals surface area contributed by atoms with Crippen molar-refractivity contribution in [2.45, 2.75) is 47.1 Å². The highest BCUT2D eigenvalue weighted by Crippen LogP contribution is 2.55. The number of ether oxygens (including phenoxy) is 5. The quantitative estimate of drug-likeness (QED) is 0.0884. The Balaban J connectivity index is 1.61. The minimum absolute atomic E-state index is 0.134. The first-order valence-corrected chi connectivity index (χ1v) is 15.8. The van der Waals surface area contributed by atoms with Crippen molar-refractivity contribution in [1.82, 2.24) is 10.4 Å². The van der Waals surface area contributed by atoms with Crippen molar-refractivity contribution in [2.24, 2.45) is 0 Å². The van der Waals surface area contributed by atoms with Gasteiger partial charge in [-0.1, -0.05) is 23.4 Å². The number of thioether (sulfide) groups is 2. The van der Waals surface area contributed by atoms with Crippen molar-refractivity contribution < 1.29 is 33.7 Å². The predicted octanol–water partition coefficient (Wildman–Crippen LogP) is 7.73. The number of urea groups is 1. The van der Waals surface area contributed by atoms with E-state index in [1.165, 1.54) is 18.8 Å². The Morgan fingerprint density at radius 2 is 1.49 bits per heavy atom. The Morgan fingerprint density at radius 3 is 2.00 bits per heavy atom. The molecule has 1 aliphatic rings. The maximum Gasteiger partial charge on any atom is 0.341 e. The summed E-state index contributed by atoms with van der Waals surface area (Å²) in [5.41, 5.74) is 2.62. The van der Waals surface area contributed by atoms with Gasteiger partial charge in [0, 0.05) is 39.6 Å². The van der Waals surface area contributed by atoms with Crippen LogP contribution in [0.2, 0.25) is 5.02 Å². The Hall–Kier alpha value is -3.12. The minimum atomic E-state index is -0.628. The number of hydrogen-bond donors (Lipinski definition) is 2. The number of benzene rings is 3. The summed E-state index contributed by atoms with van der Waals surface area (Å²) < 4.78 is 28.9. The van der Waals surface area contributed by atoms with E-state index in [2.05, 4.69) is 5.32 Å². The van der Waals surface area contributed by atoms with Crippen molar-refractivity contribution in [3.63, 3.8) is 0 Å². The molecule has 0 bridgehead atoms. The summed E-state index contributed by atoms with van der Waals surface area (Å²) in [5.74, 6) is 2.92. The number of carbonyl (C=O) groups excluding carboxylic acids is 1. The molecule has 0 aliphatic carbocycles. The third kappa shape index (κ3) is 8.08. The maximum atomic E-state index is 12.2. The first-order chi connectivity index (χ1) is 20.7. The average Bonchev–Trinajstić information content (AvgIpc) is 3.51. The monoisotopic (exact) mass is 648 g/mol. The highest BCUT2D eigenvalue weighted by atomic mass is 35.5. The summed E-state index contributed by atoms with van der Waals surface area (Å²) in [7, 11) is 7.70. The van der Waals surface area contributed by atoms with Crippen LogP contribution in [0.4, 0.5) is 4.79 Å². The number of rotatable bonds is 12. The molecule has 2 N–H and O–H groups in total. The molecule has 0 aromatic heterocycles. The zero-order valence-corrected chi connectivity index (χ0v) is 27.4. The van der Waals surface area contributed by atoms with Gasteiger partial charge in [-0.2, -0.15) is 0 Å². The van der Waals surface area contributed by atoms with Crippen LogP contribution < -0.4 is 29.0 Å². The molecule has 4 rings (SSSR count). The van der Waals surface area contributed by atoms with E-state index in [0.29, 0.717) is 38.8 Å². The van der Waals surface area contributed by atoms with E-state index in [1.54, 1.807) is 28.4 Å². The molecule has 3 aromatic carbocycles. The van der Waals surface area contributed by atoms with Crippen molar-refractivity contribution in [3.05, 3.63) is 70.2 Å². The van der Waals surface area contributed by atoms with Gasteiger partial charge in [0.15, 0.2) is 23.0 Å². The van der Waals surface area contributed by atoms with E-state index in [-0.39, 0.29) is 22.5 Å². The number of amides is 2. The molecule has 1 fully saturated rings. The summed E-state index contributed by atoms with van der Waals surface area (Å²) in [6.45, 7) is 2.08. The number of carbonyl (C=O) groups is 1. The van der Waals surface area contributed by atoms with E-state index in [1.807, 2.05) is 67.2 Å². The molecule has 0 radical (unpaired) electrons. The normalized spacial score (nSPS) is 16.7. The fraction of sp³-hybridized carbons (Fsp3) is 0.387. The molecule has 3 aromatic rings. The molecule has 12 heteroatoms. The molecule has 1 saturated heterocycles. The van der Waals surface area contributed by atoms with Gasteiger partial charge in [-0.05, 0) is 79.4 Å². The van der Waals surface area contributed by atoms with Crippen LogP contribution in [-0.2, 0) is 6.54 Å². The maximum absolute atomic E-state index is 12.2. The molecule has 0 saturated carbocycles. The van der Waals surface area contributed by atoms with Crippen molar-refractivity contribution in [2.75, 3.05) is 35.5 Å². The predicted molar refractivity (Wildman–Crippen MR) is 171 cm³/mol. The van der Waals surface area contributed by atoms with Crippen LogP contribution in [0, 0.1) is 0 Å². The Labute approximate surface area is 266 Å². The molecule has 3 atom stereocenters. The number of methoxy groups -OCH3 is 4. The van der Waals surface area contributed by atoms with E-state index < -0.39 is 6.03 Å². The summed E-state index contributed by atoms with van der Waals surface area (Å²) in [6.07, 6.45) is 1.88. The second-order valence-corrected chi connectivity index (χ2v) is 13.0. The molecule has 1 heterocycles. The van der Waals surface area contributed by atoms with Gasteiger partial charge in [-0.15, -0.1) is 11.8 Å². The minimum Gasteiger partial charge on any atom is -0.493 e. The summed E-state index contributed by atoms with van der Waals surface area (Å²) >= 11 is 9.43. The van der Waals surface area contributed by atoms with Gasteiger partial charge in [0.25, 0.3) is 0 Å². The molecule has 1 aliphatic heterocycles. The summed E-state index contributed by atoms with van der Waals surface area (Å²) in [4.78, 5) is 13.2. The first kappa shape index (κ1) is 32.8. The fourth-order valence-electron chi connectivity index (χ4n) is 4.88. The largest absolute Gasteiger partial charge is 0.493 e. The van der Waals surface area contributed by atoms with Crippen LogP contribution in [0.3, 0.4) is 0 Å². The van der Waals surface area contributed by atoms with Crippen LogP contribution >= 0.6 is 35.1 Å². The Bertz CT molecular complexity index is 1380. The van der Waals surface area contributed by atoms with Crippen molar-refractivity contribution in [3.8, 4) is 28.7 Å². The van der Waals surface area contributed by atoms with Gasteiger partial charge >= 0.3 is 6.03 Å². The smallest absolute Gasteiger partial charge is 0.341 e. The third-order valence-corrected chi connectivity index (χ3v) is 9.84. The zero-order chi connectivity index (χ0) is 31.1. The van der Waals surface area contributed by atoms with Crippen molar-refractivity contribution in [1.29, 1.82) is 0 Å². The Morgan fingerprint density at radius 1 is 0.953 bits per heavy atom. The lowest BCUT2D eigenvalue weighted by atomic mass is 10.0. The van der Waals surface area contributed by atoms with Crippen LogP contribution in [0.5, 0.6) is 28.7 Å². The SMILES string of the molecule is COc1cc(C2CCC(c3cc(OC)c(OC)c(OC)c3)S2)cc(CNC(=O)N(C)O)c1OC(C)Sc1ccc(Cl)cc1. The third-order valence-electron chi connectivity index (χ3n) is 6.95. The lowest BCUT2D eigenvalue weighted by Gasteiger charge is -2.23. The van der Waals surface area contributed by atoms with Crippen LogP contribution in [-0.4, -0.2) is 57.2 Å². The number of halogens is 1. The number of nitrogens with zero attached hydrogens (tertiary/aromatic N) is 1. The molecule has 43 heavy (non-hydrogen) atoms. The first-order valence-electron chi connectivity index (χ1n) is 13.6. The highest BCUT2D eigenvalue weighted by Gasteiger charge is 2.31. The van der Waals surface area contributed by atoms with Gasteiger partial charge in [0.05, 0.1) is 28.4 Å².